The fraction of sp³-hybridized carbons (Fsp3) is 0.400. The zero-order chi connectivity index (χ0) is 16.5. The SMILES string of the molecule is CCN1CCCC(Nc2c(O)ccc3c2Cc2ccccc2O3)C1. The van der Waals surface area contributed by atoms with E-state index in [0.717, 1.165) is 54.2 Å². The van der Waals surface area contributed by atoms with Gasteiger partial charge in [0.05, 0.1) is 5.69 Å². The van der Waals surface area contributed by atoms with Crippen LogP contribution in [0.1, 0.15) is 30.9 Å². The van der Waals surface area contributed by atoms with Gasteiger partial charge in [0.15, 0.2) is 0 Å². The average Bonchev–Trinajstić information content (AvgIpc) is 2.63. The van der Waals surface area contributed by atoms with E-state index in [4.69, 9.17) is 4.74 Å². The van der Waals surface area contributed by atoms with Crippen LogP contribution < -0.4 is 10.1 Å². The number of anilines is 1. The maximum atomic E-state index is 10.4. The topological polar surface area (TPSA) is 44.7 Å². The number of likely N-dealkylation sites (N-methyl/N-ethyl adjacent to an activating group) is 1. The van der Waals surface area contributed by atoms with Crippen molar-refractivity contribution in [3.63, 3.8) is 0 Å². The minimum absolute atomic E-state index is 0.311. The molecule has 126 valence electrons. The third-order valence-electron chi connectivity index (χ3n) is 5.11. The van der Waals surface area contributed by atoms with Crippen LogP contribution in [0.25, 0.3) is 0 Å². The second-order valence-electron chi connectivity index (χ2n) is 6.70. The molecular formula is C20H24N2O2. The predicted molar refractivity (Wildman–Crippen MR) is 96.2 cm³/mol. The maximum Gasteiger partial charge on any atom is 0.139 e. The van der Waals surface area contributed by atoms with Crippen LogP contribution in [0.2, 0.25) is 0 Å². The Morgan fingerprint density at radius 1 is 1.21 bits per heavy atom. The number of nitrogens with zero attached hydrogens (tertiary/aromatic N) is 1. The fourth-order valence-corrected chi connectivity index (χ4v) is 3.77. The van der Waals surface area contributed by atoms with E-state index in [9.17, 15) is 5.11 Å². The molecule has 2 aliphatic heterocycles. The van der Waals surface area contributed by atoms with Crippen molar-refractivity contribution in [1.29, 1.82) is 0 Å². The highest BCUT2D eigenvalue weighted by Crippen LogP contribution is 2.43. The zero-order valence-corrected chi connectivity index (χ0v) is 14.1. The monoisotopic (exact) mass is 324 g/mol. The van der Waals surface area contributed by atoms with E-state index in [1.807, 2.05) is 24.3 Å². The third-order valence-corrected chi connectivity index (χ3v) is 5.11. The number of ether oxygens (including phenoxy) is 1. The Morgan fingerprint density at radius 2 is 2.08 bits per heavy atom. The van der Waals surface area contributed by atoms with Gasteiger partial charge in [-0.3, -0.25) is 0 Å². The van der Waals surface area contributed by atoms with E-state index >= 15 is 0 Å². The molecule has 0 aliphatic carbocycles. The van der Waals surface area contributed by atoms with Crippen LogP contribution in [0.3, 0.4) is 0 Å². The molecule has 2 heterocycles. The van der Waals surface area contributed by atoms with Crippen LogP contribution in [-0.2, 0) is 6.42 Å². The molecule has 0 radical (unpaired) electrons. The summed E-state index contributed by atoms with van der Waals surface area (Å²) in [4.78, 5) is 2.46. The van der Waals surface area contributed by atoms with Crippen LogP contribution in [0.15, 0.2) is 36.4 Å². The lowest BCUT2D eigenvalue weighted by atomic mass is 9.97. The summed E-state index contributed by atoms with van der Waals surface area (Å²) in [6, 6.07) is 12.1. The first kappa shape index (κ1) is 15.3. The van der Waals surface area contributed by atoms with Gasteiger partial charge >= 0.3 is 0 Å². The van der Waals surface area contributed by atoms with E-state index in [1.165, 1.54) is 13.0 Å². The van der Waals surface area contributed by atoms with Gasteiger partial charge in [0.25, 0.3) is 0 Å². The number of fused-ring (bicyclic) bond motifs is 2. The van der Waals surface area contributed by atoms with Gasteiger partial charge in [-0.15, -0.1) is 0 Å². The summed E-state index contributed by atoms with van der Waals surface area (Å²) < 4.78 is 6.04. The highest BCUT2D eigenvalue weighted by molar-refractivity contribution is 5.69. The summed E-state index contributed by atoms with van der Waals surface area (Å²) in [6.07, 6.45) is 3.12. The number of likely N-dealkylation sites (tertiary alicyclic amines) is 1. The Hall–Kier alpha value is -2.20. The number of phenolic OH excluding ortho intramolecular Hbond substituents is 1. The minimum atomic E-state index is 0.311. The molecule has 0 bridgehead atoms. The Kier molecular flexibility index (Phi) is 4.07. The van der Waals surface area contributed by atoms with Crippen molar-refractivity contribution in [1.82, 2.24) is 4.90 Å². The molecule has 0 saturated carbocycles. The Bertz CT molecular complexity index is 744. The lowest BCUT2D eigenvalue weighted by molar-refractivity contribution is 0.226. The van der Waals surface area contributed by atoms with E-state index in [1.54, 1.807) is 6.07 Å². The number of nitrogens with one attached hydrogen (secondary N) is 1. The number of phenols is 1. The molecule has 24 heavy (non-hydrogen) atoms. The van der Waals surface area contributed by atoms with Gasteiger partial charge in [0, 0.05) is 24.6 Å². The lowest BCUT2D eigenvalue weighted by Gasteiger charge is -2.34. The van der Waals surface area contributed by atoms with Gasteiger partial charge in [0.1, 0.15) is 17.2 Å². The maximum absolute atomic E-state index is 10.4. The van der Waals surface area contributed by atoms with Crippen molar-refractivity contribution in [2.45, 2.75) is 32.2 Å². The van der Waals surface area contributed by atoms with Gasteiger partial charge in [0.2, 0.25) is 0 Å². The molecule has 1 fully saturated rings. The quantitative estimate of drug-likeness (QED) is 0.715. The molecule has 2 aromatic carbocycles. The lowest BCUT2D eigenvalue weighted by Crippen LogP contribution is -2.42. The number of benzene rings is 2. The molecule has 0 spiro atoms. The Balaban J connectivity index is 1.63. The van der Waals surface area contributed by atoms with Crippen molar-refractivity contribution in [3.8, 4) is 17.2 Å². The largest absolute Gasteiger partial charge is 0.506 e. The van der Waals surface area contributed by atoms with Gasteiger partial charge in [-0.2, -0.15) is 0 Å². The molecule has 4 nitrogen and oxygen atoms in total. The zero-order valence-electron chi connectivity index (χ0n) is 14.1. The number of aromatic hydroxyl groups is 1. The van der Waals surface area contributed by atoms with Gasteiger partial charge in [-0.25, -0.2) is 0 Å². The number of para-hydroxylation sites is 1. The summed E-state index contributed by atoms with van der Waals surface area (Å²) >= 11 is 0. The molecular weight excluding hydrogens is 300 g/mol. The predicted octanol–water partition coefficient (Wildman–Crippen LogP) is 3.98. The smallest absolute Gasteiger partial charge is 0.139 e. The van der Waals surface area contributed by atoms with E-state index in [0.29, 0.717) is 11.8 Å². The molecule has 2 aliphatic rings. The molecule has 0 amide bonds. The second kappa shape index (κ2) is 6.36. The average molecular weight is 324 g/mol. The molecule has 4 rings (SSSR count). The number of piperidine rings is 1. The molecule has 2 N–H and O–H groups in total. The van der Waals surface area contributed by atoms with Crippen LogP contribution in [0.4, 0.5) is 5.69 Å². The Labute approximate surface area is 143 Å². The molecule has 1 unspecified atom stereocenters. The van der Waals surface area contributed by atoms with E-state index < -0.39 is 0 Å². The summed E-state index contributed by atoms with van der Waals surface area (Å²) in [5.41, 5.74) is 3.06. The molecule has 0 aromatic heterocycles. The number of hydrogen-bond donors (Lipinski definition) is 2. The summed E-state index contributed by atoms with van der Waals surface area (Å²) in [5.74, 6) is 2.07. The van der Waals surface area contributed by atoms with Crippen LogP contribution in [0, 0.1) is 0 Å². The number of hydrogen-bond acceptors (Lipinski definition) is 4. The van der Waals surface area contributed by atoms with Crippen LogP contribution in [-0.4, -0.2) is 35.7 Å². The summed E-state index contributed by atoms with van der Waals surface area (Å²) in [5, 5.41) is 14.0. The van der Waals surface area contributed by atoms with Gasteiger partial charge in [-0.1, -0.05) is 25.1 Å². The van der Waals surface area contributed by atoms with E-state index in [-0.39, 0.29) is 0 Å². The molecule has 1 saturated heterocycles. The third kappa shape index (κ3) is 2.82. The normalized spacial score (nSPS) is 20.0. The molecule has 1 atom stereocenters. The fourth-order valence-electron chi connectivity index (χ4n) is 3.77. The Morgan fingerprint density at radius 3 is 2.96 bits per heavy atom. The van der Waals surface area contributed by atoms with Crippen molar-refractivity contribution < 1.29 is 9.84 Å². The van der Waals surface area contributed by atoms with Crippen LogP contribution in [0.5, 0.6) is 17.2 Å². The summed E-state index contributed by atoms with van der Waals surface area (Å²) in [6.45, 7) is 5.48. The molecule has 2 aromatic rings. The standard InChI is InChI=1S/C20H24N2O2/c1-2-22-11-5-7-15(13-22)21-20-16-12-14-6-3-4-8-18(14)24-19(16)10-9-17(20)23/h3-4,6,8-10,15,21,23H,2,5,7,11-13H2,1H3. The first-order chi connectivity index (χ1) is 11.7. The molecule has 4 heteroatoms. The van der Waals surface area contributed by atoms with Gasteiger partial charge < -0.3 is 20.1 Å². The van der Waals surface area contributed by atoms with Crippen LogP contribution >= 0.6 is 0 Å². The van der Waals surface area contributed by atoms with Crippen molar-refractivity contribution in [2.24, 2.45) is 0 Å². The highest BCUT2D eigenvalue weighted by atomic mass is 16.5. The second-order valence-corrected chi connectivity index (χ2v) is 6.70. The summed E-state index contributed by atoms with van der Waals surface area (Å²) in [7, 11) is 0. The first-order valence-corrected chi connectivity index (χ1v) is 8.84. The van der Waals surface area contributed by atoms with Crippen molar-refractivity contribution in [3.05, 3.63) is 47.5 Å². The van der Waals surface area contributed by atoms with Crippen molar-refractivity contribution >= 4 is 5.69 Å². The number of rotatable bonds is 3. The van der Waals surface area contributed by atoms with E-state index in [2.05, 4.69) is 23.2 Å². The highest BCUT2D eigenvalue weighted by Gasteiger charge is 2.25. The van der Waals surface area contributed by atoms with Gasteiger partial charge in [-0.05, 0) is 49.7 Å². The first-order valence-electron chi connectivity index (χ1n) is 8.84. The minimum Gasteiger partial charge on any atom is -0.506 e. The van der Waals surface area contributed by atoms with Crippen molar-refractivity contribution in [2.75, 3.05) is 25.0 Å².